The summed E-state index contributed by atoms with van der Waals surface area (Å²) in [7, 11) is 3.98. The van der Waals surface area contributed by atoms with Gasteiger partial charge in [0.1, 0.15) is 11.6 Å². The third-order valence-electron chi connectivity index (χ3n) is 6.88. The number of urea groups is 3. The summed E-state index contributed by atoms with van der Waals surface area (Å²) < 4.78 is 20.6. The first kappa shape index (κ1) is 26.9. The van der Waals surface area contributed by atoms with Gasteiger partial charge in [-0.15, -0.1) is 0 Å². The molecular formula is C28H30FN7O4. The highest BCUT2D eigenvalue weighted by Crippen LogP contribution is 2.28. The van der Waals surface area contributed by atoms with Gasteiger partial charge in [-0.05, 0) is 50.8 Å². The molecule has 2 aliphatic rings. The van der Waals surface area contributed by atoms with E-state index in [4.69, 9.17) is 4.74 Å². The maximum atomic E-state index is 14.9. The molecule has 0 aliphatic carbocycles. The van der Waals surface area contributed by atoms with E-state index in [1.807, 2.05) is 32.3 Å². The van der Waals surface area contributed by atoms with E-state index in [1.165, 1.54) is 29.3 Å². The van der Waals surface area contributed by atoms with Gasteiger partial charge in [-0.2, -0.15) is 0 Å². The Morgan fingerprint density at radius 3 is 2.52 bits per heavy atom. The van der Waals surface area contributed by atoms with Gasteiger partial charge >= 0.3 is 18.1 Å². The van der Waals surface area contributed by atoms with Gasteiger partial charge in [-0.1, -0.05) is 18.2 Å². The highest BCUT2D eigenvalue weighted by molar-refractivity contribution is 6.08. The first-order valence-corrected chi connectivity index (χ1v) is 12.9. The highest BCUT2D eigenvalue weighted by Gasteiger charge is 2.34. The number of anilines is 3. The molecule has 12 heteroatoms. The molecule has 1 atom stereocenters. The number of ether oxygens (including phenoxy) is 1. The highest BCUT2D eigenvalue weighted by atomic mass is 19.1. The minimum absolute atomic E-state index is 0.0812. The molecule has 2 saturated heterocycles. The van der Waals surface area contributed by atoms with E-state index in [9.17, 15) is 18.8 Å². The molecule has 2 aliphatic heterocycles. The van der Waals surface area contributed by atoms with E-state index < -0.39 is 17.9 Å². The lowest BCUT2D eigenvalue weighted by atomic mass is 10.2. The van der Waals surface area contributed by atoms with Crippen molar-refractivity contribution in [1.82, 2.24) is 19.7 Å². The number of hydrogen-bond acceptors (Lipinski definition) is 6. The summed E-state index contributed by atoms with van der Waals surface area (Å²) in [6.07, 6.45) is 2.35. The SMILES string of the molecule is CN(C)[C@@H]1CCN(C(=O)Nc2cc(Oc3ccc(NC(=O)N4CCN(c5ccccc5)C4=O)cc3F)ccn2)C1. The Kier molecular flexibility index (Phi) is 7.78. The van der Waals surface area contributed by atoms with E-state index in [2.05, 4.69) is 20.5 Å². The fourth-order valence-electron chi connectivity index (χ4n) is 4.63. The summed E-state index contributed by atoms with van der Waals surface area (Å²) >= 11 is 0. The fourth-order valence-corrected chi connectivity index (χ4v) is 4.63. The predicted octanol–water partition coefficient (Wildman–Crippen LogP) is 4.65. The molecule has 3 heterocycles. The topological polar surface area (TPSA) is 110 Å². The number of nitrogens with zero attached hydrogens (tertiary/aromatic N) is 5. The van der Waals surface area contributed by atoms with Crippen molar-refractivity contribution in [3.05, 3.63) is 72.7 Å². The molecule has 2 N–H and O–H groups in total. The van der Waals surface area contributed by atoms with Gasteiger partial charge in [0.25, 0.3) is 0 Å². The van der Waals surface area contributed by atoms with Crippen molar-refractivity contribution in [2.45, 2.75) is 12.5 Å². The zero-order valence-electron chi connectivity index (χ0n) is 22.2. The number of amides is 6. The zero-order chi connectivity index (χ0) is 28.2. The number of pyridine rings is 1. The molecule has 40 heavy (non-hydrogen) atoms. The number of aromatic nitrogens is 1. The molecule has 1 aromatic heterocycles. The van der Waals surface area contributed by atoms with Crippen molar-refractivity contribution in [3.8, 4) is 11.5 Å². The molecule has 0 spiro atoms. The molecule has 11 nitrogen and oxygen atoms in total. The van der Waals surface area contributed by atoms with Crippen LogP contribution in [0.2, 0.25) is 0 Å². The average molecular weight is 548 g/mol. The first-order chi connectivity index (χ1) is 19.3. The van der Waals surface area contributed by atoms with Gasteiger partial charge in [0.2, 0.25) is 0 Å². The number of para-hydroxylation sites is 1. The van der Waals surface area contributed by atoms with Crippen LogP contribution in [0, 0.1) is 5.82 Å². The minimum atomic E-state index is -0.717. The van der Waals surface area contributed by atoms with E-state index in [1.54, 1.807) is 23.1 Å². The van der Waals surface area contributed by atoms with Crippen LogP contribution in [-0.2, 0) is 0 Å². The Balaban J connectivity index is 1.18. The second-order valence-electron chi connectivity index (χ2n) is 9.76. The monoisotopic (exact) mass is 547 g/mol. The van der Waals surface area contributed by atoms with Crippen LogP contribution in [0.1, 0.15) is 6.42 Å². The molecule has 0 bridgehead atoms. The molecule has 208 valence electrons. The number of hydrogen-bond donors (Lipinski definition) is 2. The van der Waals surface area contributed by atoms with Crippen molar-refractivity contribution >= 4 is 35.3 Å². The number of likely N-dealkylation sites (tertiary alicyclic amines) is 1. The third-order valence-corrected chi connectivity index (χ3v) is 6.88. The van der Waals surface area contributed by atoms with Gasteiger partial charge in [0, 0.05) is 55.4 Å². The van der Waals surface area contributed by atoms with Crippen molar-refractivity contribution < 1.29 is 23.5 Å². The predicted molar refractivity (Wildman–Crippen MR) is 148 cm³/mol. The fraction of sp³-hybridized carbons (Fsp3) is 0.286. The van der Waals surface area contributed by atoms with Crippen LogP contribution in [0.5, 0.6) is 11.5 Å². The first-order valence-electron chi connectivity index (χ1n) is 12.9. The maximum Gasteiger partial charge on any atom is 0.332 e. The van der Waals surface area contributed by atoms with Crippen LogP contribution in [0.15, 0.2) is 66.9 Å². The molecule has 0 radical (unpaired) electrons. The summed E-state index contributed by atoms with van der Waals surface area (Å²) in [6, 6.07) is 15.0. The van der Waals surface area contributed by atoms with Crippen LogP contribution in [-0.4, -0.2) is 84.1 Å². The van der Waals surface area contributed by atoms with Crippen molar-refractivity contribution in [1.29, 1.82) is 0 Å². The number of imide groups is 1. The molecule has 0 unspecified atom stereocenters. The lowest BCUT2D eigenvalue weighted by Gasteiger charge is -2.20. The molecule has 2 aromatic carbocycles. The van der Waals surface area contributed by atoms with Gasteiger partial charge in [0.05, 0.1) is 6.54 Å². The molecule has 3 aromatic rings. The maximum absolute atomic E-state index is 14.9. The van der Waals surface area contributed by atoms with E-state index in [-0.39, 0.29) is 35.6 Å². The van der Waals surface area contributed by atoms with E-state index in [0.717, 1.165) is 17.4 Å². The lowest BCUT2D eigenvalue weighted by molar-refractivity contribution is 0.209. The lowest BCUT2D eigenvalue weighted by Crippen LogP contribution is -2.39. The van der Waals surface area contributed by atoms with Crippen LogP contribution in [0.3, 0.4) is 0 Å². The number of benzene rings is 2. The Bertz CT molecular complexity index is 1400. The second-order valence-corrected chi connectivity index (χ2v) is 9.76. The number of likely N-dealkylation sites (N-methyl/N-ethyl adjacent to an activating group) is 1. The standard InChI is InChI=1S/C28H30FN7O4/c1-33(2)21-11-13-34(18-21)26(37)32-25-17-22(10-12-30-25)40-24-9-8-19(16-23(24)29)31-27(38)36-15-14-35(28(36)39)20-6-4-3-5-7-20/h3-10,12,16-17,21H,11,13-15,18H2,1-2H3,(H,31,38)(H,30,32,37)/t21-/m1/s1. The third kappa shape index (κ3) is 5.96. The van der Waals surface area contributed by atoms with Crippen molar-refractivity contribution in [3.63, 3.8) is 0 Å². The Morgan fingerprint density at radius 2 is 1.80 bits per heavy atom. The molecule has 5 rings (SSSR count). The Labute approximate surface area is 231 Å². The Hall–Kier alpha value is -4.71. The summed E-state index contributed by atoms with van der Waals surface area (Å²) in [5.74, 6) is -0.245. The number of rotatable bonds is 6. The average Bonchev–Trinajstić information content (AvgIpc) is 3.59. The second kappa shape index (κ2) is 11.6. The van der Waals surface area contributed by atoms with Gasteiger partial charge < -0.3 is 19.9 Å². The quantitative estimate of drug-likeness (QED) is 0.465. The summed E-state index contributed by atoms with van der Waals surface area (Å²) in [5.41, 5.74) is 0.869. The van der Waals surface area contributed by atoms with Crippen molar-refractivity contribution in [2.75, 3.05) is 55.8 Å². The molecular weight excluding hydrogens is 517 g/mol. The molecule has 0 saturated carbocycles. The van der Waals surface area contributed by atoms with Crippen LogP contribution in [0.4, 0.5) is 36.0 Å². The van der Waals surface area contributed by atoms with E-state index in [0.29, 0.717) is 31.4 Å². The van der Waals surface area contributed by atoms with E-state index >= 15 is 0 Å². The Morgan fingerprint density at radius 1 is 1.00 bits per heavy atom. The number of nitrogens with one attached hydrogen (secondary N) is 2. The number of carbonyl (C=O) groups excluding carboxylic acids is 3. The van der Waals surface area contributed by atoms with Crippen molar-refractivity contribution in [2.24, 2.45) is 0 Å². The summed E-state index contributed by atoms with van der Waals surface area (Å²) in [5, 5.41) is 5.32. The number of carbonyl (C=O) groups is 3. The molecule has 2 fully saturated rings. The van der Waals surface area contributed by atoms with Gasteiger partial charge in [-0.3, -0.25) is 10.2 Å². The van der Waals surface area contributed by atoms with Crippen LogP contribution in [0.25, 0.3) is 0 Å². The smallest absolute Gasteiger partial charge is 0.332 e. The molecule has 6 amide bonds. The van der Waals surface area contributed by atoms with Gasteiger partial charge in [-0.25, -0.2) is 28.7 Å². The number of halogens is 1. The summed E-state index contributed by atoms with van der Waals surface area (Å²) in [6.45, 7) is 1.84. The normalized spacial score (nSPS) is 16.9. The largest absolute Gasteiger partial charge is 0.454 e. The minimum Gasteiger partial charge on any atom is -0.454 e. The van der Waals surface area contributed by atoms with Crippen LogP contribution < -0.4 is 20.3 Å². The van der Waals surface area contributed by atoms with Gasteiger partial charge in [0.15, 0.2) is 11.6 Å². The van der Waals surface area contributed by atoms with Crippen LogP contribution >= 0.6 is 0 Å². The summed E-state index contributed by atoms with van der Waals surface area (Å²) in [4.78, 5) is 48.7. The zero-order valence-corrected chi connectivity index (χ0v) is 22.2.